The van der Waals surface area contributed by atoms with Crippen molar-refractivity contribution in [3.63, 3.8) is 0 Å². The van der Waals surface area contributed by atoms with Crippen molar-refractivity contribution < 1.29 is 23.1 Å². The Hall–Kier alpha value is -2.68. The van der Waals surface area contributed by atoms with Crippen LogP contribution in [-0.2, 0) is 6.42 Å². The van der Waals surface area contributed by atoms with Crippen molar-refractivity contribution in [2.24, 2.45) is 0 Å². The lowest BCUT2D eigenvalue weighted by Crippen LogP contribution is -2.12. The molecule has 0 amide bonds. The lowest BCUT2D eigenvalue weighted by Gasteiger charge is -2.06. The number of fused-ring (bicyclic) bond motifs is 1. The van der Waals surface area contributed by atoms with E-state index in [4.69, 9.17) is 5.11 Å². The Morgan fingerprint density at radius 1 is 1.40 bits per heavy atom. The summed E-state index contributed by atoms with van der Waals surface area (Å²) in [5.41, 5.74) is -0.543. The molecule has 0 unspecified atom stereocenters. The molecular weight excluding hydrogens is 357 g/mol. The Labute approximate surface area is 142 Å². The van der Waals surface area contributed by atoms with Crippen LogP contribution in [0.25, 0.3) is 10.2 Å². The van der Waals surface area contributed by atoms with Crippen molar-refractivity contribution in [1.82, 2.24) is 9.97 Å². The molecule has 5 nitrogen and oxygen atoms in total. The Bertz CT molecular complexity index is 1040. The van der Waals surface area contributed by atoms with Gasteiger partial charge >= 0.3 is 5.97 Å². The minimum absolute atomic E-state index is 0.00450. The lowest BCUT2D eigenvalue weighted by molar-refractivity contribution is 0.0701. The highest BCUT2D eigenvalue weighted by Crippen LogP contribution is 2.27. The first-order valence-electron chi connectivity index (χ1n) is 7.10. The number of aromatic nitrogens is 2. The molecule has 9 heteroatoms. The summed E-state index contributed by atoms with van der Waals surface area (Å²) in [7, 11) is 0. The van der Waals surface area contributed by atoms with Gasteiger partial charge in [-0.05, 0) is 30.2 Å². The zero-order valence-electron chi connectivity index (χ0n) is 12.8. The molecule has 0 aliphatic rings. The van der Waals surface area contributed by atoms with Crippen LogP contribution in [0.15, 0.2) is 23.0 Å². The Kier molecular flexibility index (Phi) is 4.34. The molecule has 0 saturated carbocycles. The SMILES string of the molecule is Cc1c(C(=O)O)sc2nc(Cc3ccc(F)c(C(F)F)c3)[nH]c(=O)c12. The van der Waals surface area contributed by atoms with E-state index in [-0.39, 0.29) is 27.3 Å². The zero-order chi connectivity index (χ0) is 18.3. The standard InChI is InChI=1S/C16H11F3N2O3S/c1-6-11-14(22)20-10(21-15(11)25-12(6)16(23)24)5-7-2-3-9(17)8(4-7)13(18)19/h2-4,13H,5H2,1H3,(H,23,24)(H,20,21,22). The molecule has 0 bridgehead atoms. The van der Waals surface area contributed by atoms with Crippen LogP contribution in [0.3, 0.4) is 0 Å². The number of nitrogens with zero attached hydrogens (tertiary/aromatic N) is 1. The number of hydrogen-bond donors (Lipinski definition) is 2. The van der Waals surface area contributed by atoms with Crippen LogP contribution in [0.1, 0.15) is 38.6 Å². The number of aromatic amines is 1. The molecule has 3 aromatic rings. The molecule has 0 radical (unpaired) electrons. The molecule has 0 fully saturated rings. The summed E-state index contributed by atoms with van der Waals surface area (Å²) >= 11 is 0.871. The molecule has 0 aliphatic carbocycles. The van der Waals surface area contributed by atoms with Gasteiger partial charge < -0.3 is 10.1 Å². The highest BCUT2D eigenvalue weighted by molar-refractivity contribution is 7.20. The molecule has 2 N–H and O–H groups in total. The van der Waals surface area contributed by atoms with Crippen molar-refractivity contribution in [1.29, 1.82) is 0 Å². The maximum absolute atomic E-state index is 13.3. The van der Waals surface area contributed by atoms with Gasteiger partial charge in [-0.2, -0.15) is 0 Å². The maximum Gasteiger partial charge on any atom is 0.346 e. The van der Waals surface area contributed by atoms with E-state index in [1.54, 1.807) is 0 Å². The van der Waals surface area contributed by atoms with E-state index in [1.165, 1.54) is 13.0 Å². The first-order valence-corrected chi connectivity index (χ1v) is 7.91. The second-order valence-electron chi connectivity index (χ2n) is 5.39. The quantitative estimate of drug-likeness (QED) is 0.736. The predicted octanol–water partition coefficient (Wildman–Crippen LogP) is 3.66. The predicted molar refractivity (Wildman–Crippen MR) is 86.1 cm³/mol. The fourth-order valence-corrected chi connectivity index (χ4v) is 3.58. The van der Waals surface area contributed by atoms with Gasteiger partial charge in [-0.15, -0.1) is 11.3 Å². The molecular formula is C16H11F3N2O3S. The molecule has 2 heterocycles. The Balaban J connectivity index is 2.04. The van der Waals surface area contributed by atoms with Crippen molar-refractivity contribution in [3.05, 3.63) is 61.8 Å². The van der Waals surface area contributed by atoms with Gasteiger partial charge in [0.15, 0.2) is 0 Å². The van der Waals surface area contributed by atoms with Gasteiger partial charge in [0.2, 0.25) is 0 Å². The van der Waals surface area contributed by atoms with Crippen molar-refractivity contribution in [3.8, 4) is 0 Å². The molecule has 0 spiro atoms. The van der Waals surface area contributed by atoms with E-state index in [1.807, 2.05) is 0 Å². The third-order valence-electron chi connectivity index (χ3n) is 3.71. The highest BCUT2D eigenvalue weighted by Gasteiger charge is 2.19. The number of halogens is 3. The normalized spacial score (nSPS) is 11.4. The van der Waals surface area contributed by atoms with Gasteiger partial charge in [-0.3, -0.25) is 4.79 Å². The summed E-state index contributed by atoms with van der Waals surface area (Å²) in [5.74, 6) is -1.97. The molecule has 0 atom stereocenters. The van der Waals surface area contributed by atoms with E-state index in [0.717, 1.165) is 23.5 Å². The Morgan fingerprint density at radius 3 is 2.76 bits per heavy atom. The summed E-state index contributed by atoms with van der Waals surface area (Å²) in [6.45, 7) is 1.52. The number of benzene rings is 1. The van der Waals surface area contributed by atoms with E-state index in [9.17, 15) is 22.8 Å². The van der Waals surface area contributed by atoms with Gasteiger partial charge in [0.1, 0.15) is 21.3 Å². The minimum Gasteiger partial charge on any atom is -0.477 e. The number of rotatable bonds is 4. The number of nitrogens with one attached hydrogen (secondary N) is 1. The fraction of sp³-hybridized carbons (Fsp3) is 0.188. The lowest BCUT2D eigenvalue weighted by atomic mass is 10.1. The van der Waals surface area contributed by atoms with Crippen LogP contribution in [-0.4, -0.2) is 21.0 Å². The minimum atomic E-state index is -2.95. The van der Waals surface area contributed by atoms with Crippen molar-refractivity contribution >= 4 is 27.5 Å². The van der Waals surface area contributed by atoms with Gasteiger partial charge in [-0.25, -0.2) is 22.9 Å². The smallest absolute Gasteiger partial charge is 0.346 e. The topological polar surface area (TPSA) is 83.0 Å². The molecule has 2 aromatic heterocycles. The molecule has 25 heavy (non-hydrogen) atoms. The number of hydrogen-bond acceptors (Lipinski definition) is 4. The third kappa shape index (κ3) is 3.14. The van der Waals surface area contributed by atoms with E-state index in [0.29, 0.717) is 11.1 Å². The molecule has 130 valence electrons. The van der Waals surface area contributed by atoms with E-state index in [2.05, 4.69) is 9.97 Å². The second kappa shape index (κ2) is 6.32. The summed E-state index contributed by atoms with van der Waals surface area (Å²) in [6.07, 6.45) is -2.95. The number of H-pyrrole nitrogens is 1. The van der Waals surface area contributed by atoms with Crippen LogP contribution < -0.4 is 5.56 Å². The van der Waals surface area contributed by atoms with Gasteiger partial charge in [0.05, 0.1) is 10.9 Å². The van der Waals surface area contributed by atoms with Crippen LogP contribution >= 0.6 is 11.3 Å². The molecule has 1 aromatic carbocycles. The fourth-order valence-electron chi connectivity index (χ4n) is 2.54. The third-order valence-corrected chi connectivity index (χ3v) is 4.88. The average Bonchev–Trinajstić information content (AvgIpc) is 2.86. The summed E-state index contributed by atoms with van der Waals surface area (Å²) in [6, 6.07) is 3.28. The number of carboxylic acid groups (broad SMARTS) is 1. The zero-order valence-corrected chi connectivity index (χ0v) is 13.6. The Morgan fingerprint density at radius 2 is 2.12 bits per heavy atom. The van der Waals surface area contributed by atoms with E-state index < -0.39 is 29.3 Å². The first kappa shape index (κ1) is 17.2. The van der Waals surface area contributed by atoms with Crippen LogP contribution in [0, 0.1) is 12.7 Å². The van der Waals surface area contributed by atoms with Crippen LogP contribution in [0.2, 0.25) is 0 Å². The van der Waals surface area contributed by atoms with E-state index >= 15 is 0 Å². The highest BCUT2D eigenvalue weighted by atomic mass is 32.1. The number of aryl methyl sites for hydroxylation is 1. The average molecular weight is 368 g/mol. The number of thiophene rings is 1. The summed E-state index contributed by atoms with van der Waals surface area (Å²) in [4.78, 5) is 30.4. The van der Waals surface area contributed by atoms with Gasteiger partial charge in [0.25, 0.3) is 12.0 Å². The van der Waals surface area contributed by atoms with Crippen molar-refractivity contribution in [2.45, 2.75) is 19.8 Å². The molecule has 3 rings (SSSR count). The van der Waals surface area contributed by atoms with Crippen molar-refractivity contribution in [2.75, 3.05) is 0 Å². The first-order chi connectivity index (χ1) is 11.8. The number of carbonyl (C=O) groups is 1. The number of aromatic carboxylic acids is 1. The largest absolute Gasteiger partial charge is 0.477 e. The maximum atomic E-state index is 13.3. The van der Waals surface area contributed by atoms with Crippen LogP contribution in [0.4, 0.5) is 13.2 Å². The van der Waals surface area contributed by atoms with Crippen LogP contribution in [0.5, 0.6) is 0 Å². The second-order valence-corrected chi connectivity index (χ2v) is 6.39. The summed E-state index contributed by atoms with van der Waals surface area (Å²) in [5, 5.41) is 9.33. The molecule has 0 aliphatic heterocycles. The monoisotopic (exact) mass is 368 g/mol. The van der Waals surface area contributed by atoms with Gasteiger partial charge in [-0.1, -0.05) is 6.07 Å². The number of alkyl halides is 2. The summed E-state index contributed by atoms with van der Waals surface area (Å²) < 4.78 is 38.9. The molecule has 0 saturated heterocycles. The van der Waals surface area contributed by atoms with Gasteiger partial charge in [0, 0.05) is 6.42 Å². The number of carboxylic acids is 1.